The normalized spacial score (nSPS) is 17.5. The number of nitrogens with zero attached hydrogens (tertiary/aromatic N) is 4. The van der Waals surface area contributed by atoms with Gasteiger partial charge in [-0.2, -0.15) is 0 Å². The van der Waals surface area contributed by atoms with Crippen LogP contribution in [0.1, 0.15) is 38.4 Å². The zero-order chi connectivity index (χ0) is 19.5. The largest absolute Gasteiger partial charge is 0.467 e. The number of anilines is 1. The van der Waals surface area contributed by atoms with Crippen LogP contribution < -0.4 is 15.5 Å². The Bertz CT molecular complexity index is 826. The average Bonchev–Trinajstić information content (AvgIpc) is 3.11. The van der Waals surface area contributed by atoms with E-state index in [4.69, 9.17) is 4.42 Å². The van der Waals surface area contributed by atoms with E-state index < -0.39 is 11.3 Å². The molecule has 2 aromatic heterocycles. The molecule has 1 aliphatic heterocycles. The summed E-state index contributed by atoms with van der Waals surface area (Å²) in [4.78, 5) is 26.4. The van der Waals surface area contributed by atoms with E-state index in [0.717, 1.165) is 50.5 Å². The number of amides is 3. The predicted octanol–water partition coefficient (Wildman–Crippen LogP) is 1.99. The minimum atomic E-state index is -0.490. The molecule has 0 radical (unpaired) electrons. The predicted molar refractivity (Wildman–Crippen MR) is 104 cm³/mol. The summed E-state index contributed by atoms with van der Waals surface area (Å²) in [6.45, 7) is 4.13. The molecule has 2 fully saturated rings. The van der Waals surface area contributed by atoms with Crippen molar-refractivity contribution in [2.24, 2.45) is 0 Å². The molecule has 4 rings (SSSR count). The lowest BCUT2D eigenvalue weighted by molar-refractivity contribution is -0.119. The van der Waals surface area contributed by atoms with Gasteiger partial charge in [0.1, 0.15) is 5.76 Å². The highest BCUT2D eigenvalue weighted by molar-refractivity contribution is 8.00. The Balaban J connectivity index is 1.46. The van der Waals surface area contributed by atoms with Crippen molar-refractivity contribution in [1.82, 2.24) is 25.4 Å². The van der Waals surface area contributed by atoms with Gasteiger partial charge in [0.15, 0.2) is 5.16 Å². The number of imide groups is 1. The molecule has 150 valence electrons. The van der Waals surface area contributed by atoms with E-state index in [2.05, 4.69) is 25.7 Å². The Hall–Kier alpha value is -2.49. The van der Waals surface area contributed by atoms with Gasteiger partial charge >= 0.3 is 6.03 Å². The van der Waals surface area contributed by atoms with E-state index in [-0.39, 0.29) is 11.9 Å². The summed E-state index contributed by atoms with van der Waals surface area (Å²) in [5.41, 5.74) is 0. The summed E-state index contributed by atoms with van der Waals surface area (Å²) in [7, 11) is 0. The number of furan rings is 1. The molecule has 0 bridgehead atoms. The molecule has 28 heavy (non-hydrogen) atoms. The Kier molecular flexibility index (Phi) is 5.56. The highest BCUT2D eigenvalue weighted by Gasteiger charge is 2.27. The summed E-state index contributed by atoms with van der Waals surface area (Å²) >= 11 is 1.29. The molecule has 0 spiro atoms. The third-order valence-corrected chi connectivity index (χ3v) is 5.86. The van der Waals surface area contributed by atoms with Crippen LogP contribution in [0, 0.1) is 0 Å². The number of carbonyl (C=O) groups is 2. The molecule has 10 heteroatoms. The van der Waals surface area contributed by atoms with E-state index in [1.807, 2.05) is 16.7 Å². The van der Waals surface area contributed by atoms with Gasteiger partial charge in [0.05, 0.1) is 18.1 Å². The van der Waals surface area contributed by atoms with Gasteiger partial charge in [0, 0.05) is 19.1 Å². The number of rotatable bonds is 7. The molecule has 3 amide bonds. The zero-order valence-electron chi connectivity index (χ0n) is 15.8. The van der Waals surface area contributed by atoms with Crippen LogP contribution in [0.4, 0.5) is 10.7 Å². The molecule has 1 unspecified atom stereocenters. The first-order chi connectivity index (χ1) is 13.6. The van der Waals surface area contributed by atoms with E-state index in [0.29, 0.717) is 11.7 Å². The molecule has 1 saturated heterocycles. The molecule has 3 heterocycles. The molecule has 2 aromatic rings. The molecular formula is C18H24N6O3S. The van der Waals surface area contributed by atoms with Crippen LogP contribution in [0.5, 0.6) is 0 Å². The number of thioether (sulfide) groups is 1. The van der Waals surface area contributed by atoms with Gasteiger partial charge < -0.3 is 14.6 Å². The number of nitrogens with one attached hydrogen (secondary N) is 2. The fraction of sp³-hybridized carbons (Fsp3) is 0.556. The third kappa shape index (κ3) is 4.49. The lowest BCUT2D eigenvalue weighted by Gasteiger charge is -2.18. The summed E-state index contributed by atoms with van der Waals surface area (Å²) in [5, 5.41) is 14.0. The summed E-state index contributed by atoms with van der Waals surface area (Å²) in [5.74, 6) is 1.23. The smallest absolute Gasteiger partial charge is 0.321 e. The lowest BCUT2D eigenvalue weighted by Crippen LogP contribution is -2.43. The standard InChI is InChI=1S/C18H24N6O3S/c1-12(15(25)20-16(26)19-13-6-7-13)28-18-22-21-17(23-8-2-3-9-23)24(18)11-14-5-4-10-27-14/h4-5,10,12-13H,2-3,6-9,11H2,1H3,(H2,19,20,25,26). The molecule has 1 aliphatic carbocycles. The summed E-state index contributed by atoms with van der Waals surface area (Å²) in [6, 6.07) is 3.52. The van der Waals surface area contributed by atoms with Crippen molar-refractivity contribution in [2.75, 3.05) is 18.0 Å². The molecule has 0 aromatic carbocycles. The Labute approximate surface area is 167 Å². The van der Waals surface area contributed by atoms with Crippen LogP contribution in [0.2, 0.25) is 0 Å². The second-order valence-electron chi connectivity index (χ2n) is 7.14. The van der Waals surface area contributed by atoms with Crippen molar-refractivity contribution in [1.29, 1.82) is 0 Å². The maximum Gasteiger partial charge on any atom is 0.321 e. The fourth-order valence-electron chi connectivity index (χ4n) is 3.09. The quantitative estimate of drug-likeness (QED) is 0.680. The number of hydrogen-bond acceptors (Lipinski definition) is 7. The van der Waals surface area contributed by atoms with Gasteiger partial charge in [-0.1, -0.05) is 11.8 Å². The van der Waals surface area contributed by atoms with Crippen molar-refractivity contribution in [3.05, 3.63) is 24.2 Å². The third-order valence-electron chi connectivity index (χ3n) is 4.78. The van der Waals surface area contributed by atoms with Crippen LogP contribution in [0.15, 0.2) is 28.0 Å². The highest BCUT2D eigenvalue weighted by Crippen LogP contribution is 2.28. The van der Waals surface area contributed by atoms with E-state index >= 15 is 0 Å². The second-order valence-corrected chi connectivity index (χ2v) is 8.45. The van der Waals surface area contributed by atoms with Crippen LogP contribution in [0.25, 0.3) is 0 Å². The number of aromatic nitrogens is 3. The summed E-state index contributed by atoms with van der Waals surface area (Å²) < 4.78 is 7.47. The van der Waals surface area contributed by atoms with Gasteiger partial charge in [-0.3, -0.25) is 14.7 Å². The van der Waals surface area contributed by atoms with Crippen molar-refractivity contribution in [2.45, 2.75) is 55.6 Å². The highest BCUT2D eigenvalue weighted by atomic mass is 32.2. The number of urea groups is 1. The van der Waals surface area contributed by atoms with Gasteiger partial charge in [-0.15, -0.1) is 10.2 Å². The maximum absolute atomic E-state index is 12.4. The lowest BCUT2D eigenvalue weighted by atomic mass is 10.4. The molecular weight excluding hydrogens is 380 g/mol. The van der Waals surface area contributed by atoms with Gasteiger partial charge in [-0.05, 0) is 44.7 Å². The van der Waals surface area contributed by atoms with Crippen molar-refractivity contribution >= 4 is 29.6 Å². The monoisotopic (exact) mass is 404 g/mol. The Morgan fingerprint density at radius 1 is 1.32 bits per heavy atom. The topological polar surface area (TPSA) is 105 Å². The number of hydrogen-bond donors (Lipinski definition) is 2. The van der Waals surface area contributed by atoms with Crippen LogP contribution in [-0.4, -0.2) is 51.1 Å². The van der Waals surface area contributed by atoms with Crippen molar-refractivity contribution in [3.63, 3.8) is 0 Å². The molecule has 9 nitrogen and oxygen atoms in total. The first kappa shape index (κ1) is 18.9. The van der Waals surface area contributed by atoms with Crippen LogP contribution >= 0.6 is 11.8 Å². The van der Waals surface area contributed by atoms with Gasteiger partial charge in [0.25, 0.3) is 0 Å². The molecule has 2 aliphatic rings. The van der Waals surface area contributed by atoms with E-state index in [1.54, 1.807) is 13.2 Å². The fourth-order valence-corrected chi connectivity index (χ4v) is 3.93. The maximum atomic E-state index is 12.4. The van der Waals surface area contributed by atoms with Crippen LogP contribution in [0.3, 0.4) is 0 Å². The first-order valence-corrected chi connectivity index (χ1v) is 10.5. The molecule has 1 atom stereocenters. The molecule has 1 saturated carbocycles. The Morgan fingerprint density at radius 2 is 2.11 bits per heavy atom. The van der Waals surface area contributed by atoms with Gasteiger partial charge in [-0.25, -0.2) is 4.79 Å². The second kappa shape index (κ2) is 8.26. The van der Waals surface area contributed by atoms with E-state index in [9.17, 15) is 9.59 Å². The minimum absolute atomic E-state index is 0.204. The Morgan fingerprint density at radius 3 is 2.79 bits per heavy atom. The number of carbonyl (C=O) groups excluding carboxylic acids is 2. The molecule has 2 N–H and O–H groups in total. The zero-order valence-corrected chi connectivity index (χ0v) is 16.6. The van der Waals surface area contributed by atoms with Gasteiger partial charge in [0.2, 0.25) is 11.9 Å². The average molecular weight is 404 g/mol. The van der Waals surface area contributed by atoms with Crippen molar-refractivity contribution < 1.29 is 14.0 Å². The minimum Gasteiger partial charge on any atom is -0.467 e. The van der Waals surface area contributed by atoms with E-state index in [1.165, 1.54) is 11.8 Å². The summed E-state index contributed by atoms with van der Waals surface area (Å²) in [6.07, 6.45) is 5.84. The van der Waals surface area contributed by atoms with Crippen molar-refractivity contribution in [3.8, 4) is 0 Å². The first-order valence-electron chi connectivity index (χ1n) is 9.58. The van der Waals surface area contributed by atoms with Crippen LogP contribution in [-0.2, 0) is 11.3 Å². The SMILES string of the molecule is CC(Sc1nnc(N2CCCC2)n1Cc1ccco1)C(=O)NC(=O)NC1CC1.